The van der Waals surface area contributed by atoms with Crippen molar-refractivity contribution in [3.63, 3.8) is 0 Å². The maximum atomic E-state index is 12.4. The van der Waals surface area contributed by atoms with E-state index in [1.807, 2.05) is 31.2 Å². The van der Waals surface area contributed by atoms with E-state index >= 15 is 0 Å². The van der Waals surface area contributed by atoms with Crippen molar-refractivity contribution in [2.45, 2.75) is 25.0 Å². The molecule has 0 radical (unpaired) electrons. The Bertz CT molecular complexity index is 1060. The normalized spacial score (nSPS) is 11.1. The molecule has 0 fully saturated rings. The van der Waals surface area contributed by atoms with E-state index in [9.17, 15) is 13.2 Å². The molecule has 0 atom stereocenters. The number of rotatable bonds is 9. The molecule has 1 amide bonds. The van der Waals surface area contributed by atoms with Gasteiger partial charge in [0.2, 0.25) is 0 Å². The van der Waals surface area contributed by atoms with Crippen LogP contribution in [0.1, 0.15) is 28.4 Å². The topological polar surface area (TPSA) is 84.5 Å². The summed E-state index contributed by atoms with van der Waals surface area (Å²) >= 11 is 0. The van der Waals surface area contributed by atoms with Crippen LogP contribution in [0.4, 0.5) is 5.69 Å². The minimum atomic E-state index is -3.66. The zero-order valence-electron chi connectivity index (χ0n) is 16.7. The molecule has 6 nitrogen and oxygen atoms in total. The van der Waals surface area contributed by atoms with Crippen molar-refractivity contribution in [1.82, 2.24) is 5.32 Å². The lowest BCUT2D eigenvalue weighted by Gasteiger charge is -2.10. The van der Waals surface area contributed by atoms with Gasteiger partial charge in [0.1, 0.15) is 0 Å². The number of amides is 1. The van der Waals surface area contributed by atoms with E-state index < -0.39 is 10.0 Å². The molecule has 3 aromatic carbocycles. The van der Waals surface area contributed by atoms with Crippen molar-refractivity contribution in [2.24, 2.45) is 0 Å². The third-order valence-corrected chi connectivity index (χ3v) is 5.80. The van der Waals surface area contributed by atoms with Crippen LogP contribution in [-0.4, -0.2) is 20.9 Å². The van der Waals surface area contributed by atoms with E-state index in [0.717, 1.165) is 11.1 Å². The summed E-state index contributed by atoms with van der Waals surface area (Å²) in [7, 11) is -3.66. The maximum Gasteiger partial charge on any atom is 0.261 e. The molecule has 0 unspecified atom stereocenters. The lowest BCUT2D eigenvalue weighted by molar-refractivity contribution is 0.0951. The number of hydrogen-bond donors (Lipinski definition) is 2. The summed E-state index contributed by atoms with van der Waals surface area (Å²) in [6.07, 6.45) is 0. The second-order valence-electron chi connectivity index (χ2n) is 6.63. The minimum Gasteiger partial charge on any atom is -0.377 e. The molecule has 0 aliphatic heterocycles. The summed E-state index contributed by atoms with van der Waals surface area (Å²) in [6.45, 7) is 3.60. The van der Waals surface area contributed by atoms with E-state index in [0.29, 0.717) is 31.0 Å². The van der Waals surface area contributed by atoms with E-state index in [1.54, 1.807) is 42.5 Å². The van der Waals surface area contributed by atoms with E-state index in [2.05, 4.69) is 10.0 Å². The molecule has 0 bridgehead atoms. The van der Waals surface area contributed by atoms with Crippen LogP contribution in [0.3, 0.4) is 0 Å². The molecule has 0 aliphatic rings. The molecule has 3 rings (SSSR count). The Labute approximate surface area is 177 Å². The minimum absolute atomic E-state index is 0.180. The molecular weight excluding hydrogens is 400 g/mol. The first-order valence-electron chi connectivity index (χ1n) is 9.59. The van der Waals surface area contributed by atoms with E-state index in [-0.39, 0.29) is 10.8 Å². The number of anilines is 1. The highest BCUT2D eigenvalue weighted by molar-refractivity contribution is 7.92. The van der Waals surface area contributed by atoms with Gasteiger partial charge in [0.05, 0.1) is 11.5 Å². The third-order valence-electron chi connectivity index (χ3n) is 4.40. The van der Waals surface area contributed by atoms with Crippen molar-refractivity contribution in [3.8, 4) is 0 Å². The number of hydrogen-bond acceptors (Lipinski definition) is 4. The van der Waals surface area contributed by atoms with E-state index in [4.69, 9.17) is 4.74 Å². The van der Waals surface area contributed by atoms with Crippen molar-refractivity contribution in [2.75, 3.05) is 11.3 Å². The standard InChI is InChI=1S/C23H24N2O4S/c1-2-29-17-19-10-8-18(9-11-19)16-24-23(26)20-12-14-21(15-13-20)25-30(27,28)22-6-4-3-5-7-22/h3-15,25H,2,16-17H2,1H3,(H,24,26). The summed E-state index contributed by atoms with van der Waals surface area (Å²) < 4.78 is 32.6. The molecule has 3 aromatic rings. The van der Waals surface area contributed by atoms with Gasteiger partial charge in [-0.05, 0) is 54.4 Å². The summed E-state index contributed by atoms with van der Waals surface area (Å²) in [4.78, 5) is 12.6. The van der Waals surface area contributed by atoms with Crippen LogP contribution in [0.2, 0.25) is 0 Å². The van der Waals surface area contributed by atoms with Crippen molar-refractivity contribution >= 4 is 21.6 Å². The number of carbonyl (C=O) groups is 1. The lowest BCUT2D eigenvalue weighted by atomic mass is 10.1. The van der Waals surface area contributed by atoms with Crippen LogP contribution in [0.25, 0.3) is 0 Å². The molecule has 0 aromatic heterocycles. The SMILES string of the molecule is CCOCc1ccc(CNC(=O)c2ccc(NS(=O)(=O)c3ccccc3)cc2)cc1. The van der Waals surface area contributed by atoms with Crippen LogP contribution < -0.4 is 10.0 Å². The summed E-state index contributed by atoms with van der Waals surface area (Å²) in [6, 6.07) is 22.3. The quantitative estimate of drug-likeness (QED) is 0.545. The number of benzene rings is 3. The predicted octanol–water partition coefficient (Wildman–Crippen LogP) is 3.95. The van der Waals surface area contributed by atoms with Crippen molar-refractivity contribution < 1.29 is 17.9 Å². The largest absolute Gasteiger partial charge is 0.377 e. The van der Waals surface area contributed by atoms with E-state index in [1.165, 1.54) is 12.1 Å². The van der Waals surface area contributed by atoms with Gasteiger partial charge in [-0.1, -0.05) is 42.5 Å². The van der Waals surface area contributed by atoms with Gasteiger partial charge in [-0.15, -0.1) is 0 Å². The molecule has 0 spiro atoms. The average Bonchev–Trinajstić information content (AvgIpc) is 2.77. The molecule has 30 heavy (non-hydrogen) atoms. The van der Waals surface area contributed by atoms with Gasteiger partial charge < -0.3 is 10.1 Å². The number of ether oxygens (including phenoxy) is 1. The zero-order chi connectivity index (χ0) is 21.4. The van der Waals surface area contributed by atoms with Crippen molar-refractivity contribution in [1.29, 1.82) is 0 Å². The number of sulfonamides is 1. The summed E-state index contributed by atoms with van der Waals surface area (Å²) in [5, 5.41) is 2.86. The van der Waals surface area contributed by atoms with Gasteiger partial charge in [-0.3, -0.25) is 9.52 Å². The van der Waals surface area contributed by atoms with Crippen LogP contribution in [0, 0.1) is 0 Å². The highest BCUT2D eigenvalue weighted by Crippen LogP contribution is 2.16. The Kier molecular flexibility index (Phi) is 7.21. The molecule has 0 saturated carbocycles. The van der Waals surface area contributed by atoms with Crippen LogP contribution in [0.15, 0.2) is 83.8 Å². The second-order valence-corrected chi connectivity index (χ2v) is 8.31. The Balaban J connectivity index is 1.56. The first-order chi connectivity index (χ1) is 14.5. The maximum absolute atomic E-state index is 12.4. The second kappa shape index (κ2) is 10.0. The fraction of sp³-hybridized carbons (Fsp3) is 0.174. The zero-order valence-corrected chi connectivity index (χ0v) is 17.5. The average molecular weight is 425 g/mol. The predicted molar refractivity (Wildman–Crippen MR) is 117 cm³/mol. The lowest BCUT2D eigenvalue weighted by Crippen LogP contribution is -2.22. The van der Waals surface area contributed by atoms with Crippen LogP contribution in [-0.2, 0) is 27.9 Å². The Morgan fingerprint density at radius 2 is 1.50 bits per heavy atom. The van der Waals surface area contributed by atoms with Gasteiger partial charge in [0.15, 0.2) is 0 Å². The Morgan fingerprint density at radius 3 is 2.13 bits per heavy atom. The third kappa shape index (κ3) is 5.92. The van der Waals surface area contributed by atoms with Gasteiger partial charge in [0.25, 0.3) is 15.9 Å². The first kappa shape index (κ1) is 21.5. The highest BCUT2D eigenvalue weighted by Gasteiger charge is 2.14. The van der Waals surface area contributed by atoms with Crippen LogP contribution >= 0.6 is 0 Å². The smallest absolute Gasteiger partial charge is 0.261 e. The fourth-order valence-corrected chi connectivity index (χ4v) is 3.84. The Hall–Kier alpha value is -3.16. The monoisotopic (exact) mass is 424 g/mol. The van der Waals surface area contributed by atoms with Gasteiger partial charge in [-0.2, -0.15) is 0 Å². The van der Waals surface area contributed by atoms with Gasteiger partial charge in [0, 0.05) is 24.4 Å². The molecule has 2 N–H and O–H groups in total. The van der Waals surface area contributed by atoms with Crippen LogP contribution in [0.5, 0.6) is 0 Å². The summed E-state index contributed by atoms with van der Waals surface area (Å²) in [5.74, 6) is -0.231. The first-order valence-corrected chi connectivity index (χ1v) is 11.1. The molecule has 0 aliphatic carbocycles. The summed E-state index contributed by atoms with van der Waals surface area (Å²) in [5.41, 5.74) is 2.90. The van der Waals surface area contributed by atoms with Crippen molar-refractivity contribution in [3.05, 3.63) is 95.6 Å². The van der Waals surface area contributed by atoms with Gasteiger partial charge in [-0.25, -0.2) is 8.42 Å². The fourth-order valence-electron chi connectivity index (χ4n) is 2.76. The Morgan fingerprint density at radius 1 is 0.867 bits per heavy atom. The van der Waals surface area contributed by atoms with Gasteiger partial charge >= 0.3 is 0 Å². The molecule has 0 heterocycles. The number of nitrogens with one attached hydrogen (secondary N) is 2. The molecular formula is C23H24N2O4S. The molecule has 7 heteroatoms. The molecule has 156 valence electrons. The highest BCUT2D eigenvalue weighted by atomic mass is 32.2. The molecule has 0 saturated heterocycles. The number of carbonyl (C=O) groups excluding carboxylic acids is 1.